The van der Waals surface area contributed by atoms with Gasteiger partial charge >= 0.3 is 0 Å². The normalized spacial score (nSPS) is 15.2. The van der Waals surface area contributed by atoms with Gasteiger partial charge in [-0.3, -0.25) is 14.8 Å². The second kappa shape index (κ2) is 7.49. The van der Waals surface area contributed by atoms with Crippen molar-refractivity contribution in [2.45, 2.75) is 19.0 Å². The van der Waals surface area contributed by atoms with E-state index in [2.05, 4.69) is 30.5 Å². The maximum absolute atomic E-state index is 15.0. The molecule has 1 unspecified atom stereocenters. The number of nitrogens with zero attached hydrogens (tertiary/aromatic N) is 6. The number of benzene rings is 2. The van der Waals surface area contributed by atoms with Crippen molar-refractivity contribution in [1.29, 1.82) is 0 Å². The van der Waals surface area contributed by atoms with Crippen LogP contribution in [0.2, 0.25) is 0 Å². The third-order valence-corrected chi connectivity index (χ3v) is 5.75. The molecule has 4 heterocycles. The summed E-state index contributed by atoms with van der Waals surface area (Å²) in [7, 11) is 0. The van der Waals surface area contributed by atoms with E-state index in [0.29, 0.717) is 18.7 Å². The van der Waals surface area contributed by atoms with Crippen molar-refractivity contribution in [3.05, 3.63) is 95.8 Å². The lowest BCUT2D eigenvalue weighted by atomic mass is 9.94. The zero-order valence-electron chi connectivity index (χ0n) is 17.0. The van der Waals surface area contributed by atoms with Gasteiger partial charge in [0, 0.05) is 29.8 Å². The molecule has 0 amide bonds. The Balaban J connectivity index is 1.34. The van der Waals surface area contributed by atoms with E-state index in [0.717, 1.165) is 39.0 Å². The van der Waals surface area contributed by atoms with Crippen molar-refractivity contribution in [3.63, 3.8) is 0 Å². The Morgan fingerprint density at radius 3 is 2.94 bits per heavy atom. The Labute approximate surface area is 182 Å². The molecular weight excluding hydrogens is 405 g/mol. The number of fused-ring (bicyclic) bond motifs is 2. The number of rotatable bonds is 4. The number of H-pyrrole nitrogens is 1. The molecule has 2 aromatic carbocycles. The Bertz CT molecular complexity index is 1450. The first-order valence-electron chi connectivity index (χ1n) is 10.3. The van der Waals surface area contributed by atoms with E-state index in [1.54, 1.807) is 18.6 Å². The van der Waals surface area contributed by atoms with E-state index in [4.69, 9.17) is 0 Å². The predicted octanol–water partition coefficient (Wildman–Crippen LogP) is 5.39. The van der Waals surface area contributed by atoms with Gasteiger partial charge < -0.3 is 0 Å². The summed E-state index contributed by atoms with van der Waals surface area (Å²) in [5, 5.41) is 21.1. The minimum Gasteiger partial charge on any atom is -0.278 e. The van der Waals surface area contributed by atoms with Gasteiger partial charge in [-0.25, -0.2) is 4.39 Å². The van der Waals surface area contributed by atoms with Gasteiger partial charge in [0.2, 0.25) is 0 Å². The Kier molecular flexibility index (Phi) is 4.34. The molecule has 3 aromatic heterocycles. The fourth-order valence-electron chi connectivity index (χ4n) is 4.14. The highest BCUT2D eigenvalue weighted by Crippen LogP contribution is 2.39. The van der Waals surface area contributed by atoms with E-state index in [9.17, 15) is 4.39 Å². The van der Waals surface area contributed by atoms with Gasteiger partial charge in [-0.1, -0.05) is 18.2 Å². The Hall–Kier alpha value is -4.20. The molecule has 0 saturated carbocycles. The molecule has 0 aliphatic carbocycles. The first-order chi connectivity index (χ1) is 15.7. The zero-order valence-corrected chi connectivity index (χ0v) is 17.0. The van der Waals surface area contributed by atoms with Gasteiger partial charge in [-0.05, 0) is 47.5 Å². The van der Waals surface area contributed by atoms with Gasteiger partial charge in [-0.2, -0.15) is 20.4 Å². The van der Waals surface area contributed by atoms with Gasteiger partial charge in [0.15, 0.2) is 5.82 Å². The summed E-state index contributed by atoms with van der Waals surface area (Å²) in [4.78, 5) is 4.37. The maximum atomic E-state index is 15.0. The molecule has 7 nitrogen and oxygen atoms in total. The second-order valence-electron chi connectivity index (χ2n) is 7.81. The van der Waals surface area contributed by atoms with E-state index in [1.807, 2.05) is 53.2 Å². The molecule has 32 heavy (non-hydrogen) atoms. The van der Waals surface area contributed by atoms with Crippen LogP contribution < -0.4 is 0 Å². The quantitative estimate of drug-likeness (QED) is 0.421. The monoisotopic (exact) mass is 423 g/mol. The van der Waals surface area contributed by atoms with Gasteiger partial charge in [0.1, 0.15) is 11.7 Å². The molecule has 1 aliphatic rings. The number of aromatic amines is 1. The molecule has 5 aromatic rings. The lowest BCUT2D eigenvalue weighted by Gasteiger charge is -2.19. The minimum absolute atomic E-state index is 0.178. The summed E-state index contributed by atoms with van der Waals surface area (Å²) < 4.78 is 16.8. The highest BCUT2D eigenvalue weighted by Gasteiger charge is 2.23. The maximum Gasteiger partial charge on any atom is 0.151 e. The smallest absolute Gasteiger partial charge is 0.151 e. The molecule has 1 N–H and O–H groups in total. The van der Waals surface area contributed by atoms with Crippen LogP contribution in [-0.4, -0.2) is 25.0 Å². The van der Waals surface area contributed by atoms with Crippen molar-refractivity contribution in [1.82, 2.24) is 25.0 Å². The van der Waals surface area contributed by atoms with Crippen LogP contribution in [0.1, 0.15) is 22.9 Å². The van der Waals surface area contributed by atoms with Crippen LogP contribution in [0.25, 0.3) is 22.2 Å². The average Bonchev–Trinajstić information content (AvgIpc) is 3.48. The minimum atomic E-state index is -0.380. The van der Waals surface area contributed by atoms with Crippen LogP contribution in [0, 0.1) is 5.82 Å². The van der Waals surface area contributed by atoms with E-state index in [1.165, 1.54) is 6.07 Å². The Morgan fingerprint density at radius 1 is 1.06 bits per heavy atom. The van der Waals surface area contributed by atoms with Gasteiger partial charge in [0.05, 0.1) is 29.6 Å². The van der Waals surface area contributed by atoms with Crippen molar-refractivity contribution in [3.8, 4) is 11.3 Å². The van der Waals surface area contributed by atoms with Crippen LogP contribution in [0.3, 0.4) is 0 Å². The van der Waals surface area contributed by atoms with E-state index < -0.39 is 0 Å². The topological polar surface area (TPSA) is 84.1 Å². The number of pyridine rings is 1. The number of aromatic nitrogens is 5. The average molecular weight is 423 g/mol. The van der Waals surface area contributed by atoms with Crippen molar-refractivity contribution < 1.29 is 4.39 Å². The van der Waals surface area contributed by atoms with Crippen molar-refractivity contribution in [2.24, 2.45) is 10.2 Å². The molecule has 1 atom stereocenters. The van der Waals surface area contributed by atoms with Crippen LogP contribution in [0.5, 0.6) is 0 Å². The van der Waals surface area contributed by atoms with E-state index >= 15 is 0 Å². The summed E-state index contributed by atoms with van der Waals surface area (Å²) in [5.74, 6) is -0.380. The third kappa shape index (κ3) is 3.26. The fourth-order valence-corrected chi connectivity index (χ4v) is 4.14. The third-order valence-electron chi connectivity index (χ3n) is 5.75. The van der Waals surface area contributed by atoms with Crippen LogP contribution >= 0.6 is 0 Å². The molecule has 8 heteroatoms. The standard InChI is InChI=1S/C24H18FN7/c25-20-10-17(23-6-8-28-32(23)14-19-3-1-2-7-26-19)9-18-12-21(30-31-24(18)20)15-4-5-16-13-27-29-22(16)11-15/h1-11,13,21H,12,14H2,(H,27,29). The van der Waals surface area contributed by atoms with E-state index in [-0.39, 0.29) is 11.9 Å². The number of hydrogen-bond acceptors (Lipinski definition) is 5. The van der Waals surface area contributed by atoms with Gasteiger partial charge in [0.25, 0.3) is 0 Å². The van der Waals surface area contributed by atoms with Crippen LogP contribution in [-0.2, 0) is 13.0 Å². The summed E-state index contributed by atoms with van der Waals surface area (Å²) in [5.41, 5.74) is 5.58. The highest BCUT2D eigenvalue weighted by atomic mass is 19.1. The summed E-state index contributed by atoms with van der Waals surface area (Å²) in [6.07, 6.45) is 5.82. The van der Waals surface area contributed by atoms with Crippen molar-refractivity contribution >= 4 is 16.6 Å². The molecule has 0 fully saturated rings. The Morgan fingerprint density at radius 2 is 2.03 bits per heavy atom. The molecule has 156 valence electrons. The van der Waals surface area contributed by atoms with Crippen LogP contribution in [0.4, 0.5) is 10.1 Å². The molecule has 0 saturated heterocycles. The largest absolute Gasteiger partial charge is 0.278 e. The highest BCUT2D eigenvalue weighted by molar-refractivity contribution is 5.78. The molecule has 0 bridgehead atoms. The number of halogens is 1. The first kappa shape index (κ1) is 18.6. The predicted molar refractivity (Wildman–Crippen MR) is 118 cm³/mol. The molecular formula is C24H18FN7. The van der Waals surface area contributed by atoms with Gasteiger partial charge in [-0.15, -0.1) is 0 Å². The van der Waals surface area contributed by atoms with Crippen LogP contribution in [0.15, 0.2) is 83.4 Å². The summed E-state index contributed by atoms with van der Waals surface area (Å²) in [6.45, 7) is 0.508. The molecule has 0 spiro atoms. The SMILES string of the molecule is Fc1cc(-c2ccnn2Cc2ccccn2)cc2c1N=NC(c1ccc3cn[nH]c3c1)C2. The summed E-state index contributed by atoms with van der Waals surface area (Å²) in [6, 6.07) is 17.0. The number of nitrogens with one attached hydrogen (secondary N) is 1. The molecule has 0 radical (unpaired) electrons. The molecule has 1 aliphatic heterocycles. The number of hydrogen-bond donors (Lipinski definition) is 1. The van der Waals surface area contributed by atoms with Crippen molar-refractivity contribution in [2.75, 3.05) is 0 Å². The summed E-state index contributed by atoms with van der Waals surface area (Å²) >= 11 is 0. The fraction of sp³-hybridized carbons (Fsp3) is 0.125. The lowest BCUT2D eigenvalue weighted by molar-refractivity contribution is 0.601. The first-order valence-corrected chi connectivity index (χ1v) is 10.3. The lowest BCUT2D eigenvalue weighted by Crippen LogP contribution is -2.07. The zero-order chi connectivity index (χ0) is 21.5. The molecule has 6 rings (SSSR count). The number of azo groups is 1. The second-order valence-corrected chi connectivity index (χ2v) is 7.81.